The minimum atomic E-state index is -0.542. The first kappa shape index (κ1) is 14.1. The molecule has 0 fully saturated rings. The number of carbonyl (C=O) groups excluding carboxylic acids is 1. The van der Waals surface area contributed by atoms with E-state index >= 15 is 0 Å². The molecule has 7 heteroatoms. The van der Waals surface area contributed by atoms with Crippen LogP contribution in [0.4, 0.5) is 0 Å². The Balaban J connectivity index is 2.32. The predicted molar refractivity (Wildman–Crippen MR) is 63.2 cm³/mol. The fourth-order valence-electron chi connectivity index (χ4n) is 1.29. The normalized spacial score (nSPS) is 10.4. The van der Waals surface area contributed by atoms with Gasteiger partial charge in [-0.3, -0.25) is 4.79 Å². The first-order valence-electron chi connectivity index (χ1n) is 5.32. The fourth-order valence-corrected chi connectivity index (χ4v) is 1.29. The second-order valence-electron chi connectivity index (χ2n) is 3.64. The molecule has 0 saturated carbocycles. The van der Waals surface area contributed by atoms with Gasteiger partial charge in [0.1, 0.15) is 6.61 Å². The van der Waals surface area contributed by atoms with E-state index < -0.39 is 11.7 Å². The van der Waals surface area contributed by atoms with Gasteiger partial charge in [-0.05, 0) is 6.07 Å². The van der Waals surface area contributed by atoms with E-state index in [0.29, 0.717) is 25.3 Å². The maximum absolute atomic E-state index is 10.4. The monoisotopic (exact) mass is 256 g/mol. The third-order valence-electron chi connectivity index (χ3n) is 2.20. The predicted octanol–water partition coefficient (Wildman–Crippen LogP) is -0.605. The Morgan fingerprint density at radius 2 is 2.00 bits per heavy atom. The van der Waals surface area contributed by atoms with Gasteiger partial charge in [-0.25, -0.2) is 0 Å². The molecular formula is C11H16N2O5. The van der Waals surface area contributed by atoms with E-state index in [9.17, 15) is 15.0 Å². The Morgan fingerprint density at radius 3 is 2.67 bits per heavy atom. The smallest absolute Gasteiger partial charge is 0.243 e. The van der Waals surface area contributed by atoms with Gasteiger partial charge >= 0.3 is 0 Å². The summed E-state index contributed by atoms with van der Waals surface area (Å²) in [6.45, 7) is 0.911. The SMILES string of the molecule is NC(=O)COCCNCc1ccc(O)c(O)c1O. The molecular weight excluding hydrogens is 240 g/mol. The van der Waals surface area contributed by atoms with Crippen LogP contribution in [0.25, 0.3) is 0 Å². The number of hydrogen-bond acceptors (Lipinski definition) is 6. The second-order valence-corrected chi connectivity index (χ2v) is 3.64. The van der Waals surface area contributed by atoms with Crippen molar-refractivity contribution in [3.05, 3.63) is 17.7 Å². The van der Waals surface area contributed by atoms with E-state index in [4.69, 9.17) is 15.6 Å². The van der Waals surface area contributed by atoms with Crippen LogP contribution in [-0.4, -0.2) is 41.0 Å². The lowest BCUT2D eigenvalue weighted by Gasteiger charge is -2.09. The van der Waals surface area contributed by atoms with Crippen molar-refractivity contribution < 1.29 is 24.9 Å². The molecule has 7 nitrogen and oxygen atoms in total. The molecule has 18 heavy (non-hydrogen) atoms. The third kappa shape index (κ3) is 4.11. The molecule has 0 aliphatic heterocycles. The number of benzene rings is 1. The van der Waals surface area contributed by atoms with Crippen LogP contribution in [-0.2, 0) is 16.1 Å². The van der Waals surface area contributed by atoms with Gasteiger partial charge < -0.3 is 31.1 Å². The van der Waals surface area contributed by atoms with Crippen molar-refractivity contribution in [1.29, 1.82) is 0 Å². The van der Waals surface area contributed by atoms with Crippen LogP contribution in [0.15, 0.2) is 12.1 Å². The summed E-state index contributed by atoms with van der Waals surface area (Å²) in [5, 5.41) is 30.9. The maximum Gasteiger partial charge on any atom is 0.243 e. The van der Waals surface area contributed by atoms with Crippen LogP contribution in [0.1, 0.15) is 5.56 Å². The molecule has 0 atom stereocenters. The molecule has 1 rings (SSSR count). The number of ether oxygens (including phenoxy) is 1. The van der Waals surface area contributed by atoms with Crippen molar-refractivity contribution in [2.75, 3.05) is 19.8 Å². The number of aromatic hydroxyl groups is 3. The van der Waals surface area contributed by atoms with Gasteiger partial charge in [0.05, 0.1) is 6.61 Å². The van der Waals surface area contributed by atoms with Crippen LogP contribution in [0.5, 0.6) is 17.2 Å². The van der Waals surface area contributed by atoms with Crippen LogP contribution in [0.2, 0.25) is 0 Å². The molecule has 100 valence electrons. The highest BCUT2D eigenvalue weighted by atomic mass is 16.5. The highest BCUT2D eigenvalue weighted by Crippen LogP contribution is 2.36. The second kappa shape index (κ2) is 6.67. The zero-order chi connectivity index (χ0) is 13.5. The fraction of sp³-hybridized carbons (Fsp3) is 0.364. The van der Waals surface area contributed by atoms with Crippen molar-refractivity contribution >= 4 is 5.91 Å². The van der Waals surface area contributed by atoms with Crippen LogP contribution in [0.3, 0.4) is 0 Å². The number of carbonyl (C=O) groups is 1. The lowest BCUT2D eigenvalue weighted by molar-refractivity contribution is -0.122. The first-order valence-corrected chi connectivity index (χ1v) is 5.32. The zero-order valence-electron chi connectivity index (χ0n) is 9.72. The quantitative estimate of drug-likeness (QED) is 0.327. The number of nitrogens with one attached hydrogen (secondary N) is 1. The summed E-state index contributed by atoms with van der Waals surface area (Å²) >= 11 is 0. The van der Waals surface area contributed by atoms with Gasteiger partial charge in [-0.15, -0.1) is 0 Å². The van der Waals surface area contributed by atoms with E-state index in [2.05, 4.69) is 5.32 Å². The van der Waals surface area contributed by atoms with E-state index in [1.165, 1.54) is 12.1 Å². The summed E-state index contributed by atoms with van der Waals surface area (Å²) in [4.78, 5) is 10.4. The van der Waals surface area contributed by atoms with Gasteiger partial charge in [0.15, 0.2) is 11.5 Å². The lowest BCUT2D eigenvalue weighted by Crippen LogP contribution is -2.23. The molecule has 0 radical (unpaired) electrons. The molecule has 0 aromatic heterocycles. The first-order chi connectivity index (χ1) is 8.52. The minimum Gasteiger partial charge on any atom is -0.504 e. The Hall–Kier alpha value is -1.99. The summed E-state index contributed by atoms with van der Waals surface area (Å²) in [6, 6.07) is 2.78. The Morgan fingerprint density at radius 1 is 1.28 bits per heavy atom. The summed E-state index contributed by atoms with van der Waals surface area (Å²) in [5.41, 5.74) is 5.32. The highest BCUT2D eigenvalue weighted by molar-refractivity contribution is 5.74. The van der Waals surface area contributed by atoms with Gasteiger partial charge in [0.25, 0.3) is 0 Å². The van der Waals surface area contributed by atoms with Crippen LogP contribution >= 0.6 is 0 Å². The molecule has 6 N–H and O–H groups in total. The molecule has 0 aliphatic carbocycles. The van der Waals surface area contributed by atoms with E-state index in [-0.39, 0.29) is 18.1 Å². The van der Waals surface area contributed by atoms with Crippen molar-refractivity contribution in [2.24, 2.45) is 5.73 Å². The number of phenols is 3. The number of phenolic OH excluding ortho intramolecular Hbond substituents is 3. The minimum absolute atomic E-state index is 0.132. The third-order valence-corrected chi connectivity index (χ3v) is 2.20. The molecule has 1 aromatic carbocycles. The molecule has 0 unspecified atom stereocenters. The van der Waals surface area contributed by atoms with Crippen molar-refractivity contribution in [3.8, 4) is 17.2 Å². The molecule has 0 aliphatic rings. The van der Waals surface area contributed by atoms with Crippen LogP contribution in [0, 0.1) is 0 Å². The molecule has 1 amide bonds. The zero-order valence-corrected chi connectivity index (χ0v) is 9.72. The van der Waals surface area contributed by atoms with E-state index in [1.807, 2.05) is 0 Å². The Labute approximate surface area is 104 Å². The van der Waals surface area contributed by atoms with Crippen molar-refractivity contribution in [3.63, 3.8) is 0 Å². The highest BCUT2D eigenvalue weighted by Gasteiger charge is 2.10. The number of primary amides is 1. The van der Waals surface area contributed by atoms with Crippen LogP contribution < -0.4 is 11.1 Å². The number of nitrogens with two attached hydrogens (primary N) is 1. The van der Waals surface area contributed by atoms with Gasteiger partial charge in [0, 0.05) is 18.7 Å². The maximum atomic E-state index is 10.4. The largest absolute Gasteiger partial charge is 0.504 e. The summed E-state index contributed by atoms with van der Waals surface area (Å²) in [5.74, 6) is -1.81. The van der Waals surface area contributed by atoms with E-state index in [1.54, 1.807) is 0 Å². The van der Waals surface area contributed by atoms with E-state index in [0.717, 1.165) is 0 Å². The Kier molecular flexibility index (Phi) is 5.22. The standard InChI is InChI=1S/C11H16N2O5/c12-9(15)6-18-4-3-13-5-7-1-2-8(14)11(17)10(7)16/h1-2,13-14,16-17H,3-6H2,(H2,12,15). The topological polar surface area (TPSA) is 125 Å². The molecule has 0 spiro atoms. The molecule has 0 bridgehead atoms. The number of hydrogen-bond donors (Lipinski definition) is 5. The average Bonchev–Trinajstić information content (AvgIpc) is 2.33. The Bertz CT molecular complexity index is 422. The van der Waals surface area contributed by atoms with Gasteiger partial charge in [-0.2, -0.15) is 0 Å². The summed E-state index contributed by atoms with van der Waals surface area (Å²) in [7, 11) is 0. The van der Waals surface area contributed by atoms with Gasteiger partial charge in [0.2, 0.25) is 11.7 Å². The molecule has 0 heterocycles. The molecule has 0 saturated heterocycles. The van der Waals surface area contributed by atoms with Gasteiger partial charge in [-0.1, -0.05) is 6.07 Å². The summed E-state index contributed by atoms with van der Waals surface area (Å²) in [6.07, 6.45) is 0. The number of amides is 1. The molecule has 1 aromatic rings. The number of rotatable bonds is 7. The average molecular weight is 256 g/mol. The lowest BCUT2D eigenvalue weighted by atomic mass is 10.1. The summed E-state index contributed by atoms with van der Waals surface area (Å²) < 4.78 is 4.92. The van der Waals surface area contributed by atoms with Crippen molar-refractivity contribution in [2.45, 2.75) is 6.54 Å². The van der Waals surface area contributed by atoms with Crippen molar-refractivity contribution in [1.82, 2.24) is 5.32 Å².